The molecule has 4 N–H and O–H groups in total. The van der Waals surface area contributed by atoms with E-state index in [0.717, 1.165) is 67.6 Å². The number of aliphatic hydroxyl groups is 2. The first-order valence-corrected chi connectivity index (χ1v) is 17.1. The molecular formula is C36H55N3O4. The minimum absolute atomic E-state index is 0.185. The molecule has 1 amide bonds. The first kappa shape index (κ1) is 32.0. The summed E-state index contributed by atoms with van der Waals surface area (Å²) in [4.78, 5) is 21.1. The number of hydrogen-bond donors (Lipinski definition) is 4. The minimum atomic E-state index is -0.650. The Hall–Kier alpha value is -2.38. The molecule has 1 aromatic rings. The number of fused-ring (bicyclic) bond motifs is 1. The predicted molar refractivity (Wildman–Crippen MR) is 171 cm³/mol. The number of aliphatic hydroxyl groups excluding tert-OH is 2. The Labute approximate surface area is 258 Å². The van der Waals surface area contributed by atoms with Gasteiger partial charge in [-0.25, -0.2) is 9.78 Å². The SMILES string of the molecule is C=C1/C(=C\C=C2/CCC[C@]3(C)[C@@H]([C@H](C)CC[C@@H](OC(=O)NCC)C4(c5nc(CCC)c[nH]5)CC4)CC[C@@H]23)C[C@@H](O)C[C@@H]1O. The molecule has 238 valence electrons. The molecule has 7 atom stereocenters. The summed E-state index contributed by atoms with van der Waals surface area (Å²) in [6.45, 7) is 13.7. The number of aromatic nitrogens is 2. The Morgan fingerprint density at radius 1 is 1.23 bits per heavy atom. The average Bonchev–Trinajstić information content (AvgIpc) is 3.49. The molecule has 0 saturated heterocycles. The van der Waals surface area contributed by atoms with Gasteiger partial charge in [0.2, 0.25) is 0 Å². The van der Waals surface area contributed by atoms with Gasteiger partial charge in [-0.2, -0.15) is 0 Å². The van der Waals surface area contributed by atoms with E-state index in [2.05, 4.69) is 49.8 Å². The standard InChI is InChI=1S/C36H55N3O4/c1-6-9-27-22-38-33(39-27)36(18-19-36)32(43-34(42)37-7-2)16-11-23(3)29-14-15-30-25(10-8-17-35(29,30)5)12-13-26-20-28(40)21-31(41)24(26)4/h12-13,22-23,28-32,40-41H,4,6-11,14-21H2,1-3,5H3,(H,37,42)(H,38,39)/b25-12+,26-13-/t23-,28-,29-,30+,31+,32-,35-/m1/s1. The second-order valence-electron chi connectivity index (χ2n) is 14.3. The van der Waals surface area contributed by atoms with Crippen LogP contribution in [0.4, 0.5) is 4.79 Å². The van der Waals surface area contributed by atoms with Gasteiger partial charge in [0.25, 0.3) is 0 Å². The fraction of sp³-hybridized carbons (Fsp3) is 0.722. The van der Waals surface area contributed by atoms with Crippen LogP contribution in [0.2, 0.25) is 0 Å². The zero-order chi connectivity index (χ0) is 30.8. The van der Waals surface area contributed by atoms with Gasteiger partial charge in [-0.15, -0.1) is 0 Å². The van der Waals surface area contributed by atoms with E-state index in [-0.39, 0.29) is 23.0 Å². The quantitative estimate of drug-likeness (QED) is 0.220. The monoisotopic (exact) mass is 593 g/mol. The van der Waals surface area contributed by atoms with Crippen LogP contribution < -0.4 is 5.32 Å². The molecule has 5 rings (SSSR count). The zero-order valence-electron chi connectivity index (χ0n) is 27.0. The Kier molecular flexibility index (Phi) is 9.92. The molecule has 1 heterocycles. The van der Waals surface area contributed by atoms with E-state index in [1.54, 1.807) is 0 Å². The number of imidazole rings is 1. The molecule has 43 heavy (non-hydrogen) atoms. The van der Waals surface area contributed by atoms with Crippen molar-refractivity contribution in [2.45, 2.75) is 135 Å². The number of H-pyrrole nitrogens is 1. The highest BCUT2D eigenvalue weighted by atomic mass is 16.6. The largest absolute Gasteiger partial charge is 0.445 e. The number of nitrogens with one attached hydrogen (secondary N) is 2. The highest BCUT2D eigenvalue weighted by Gasteiger charge is 2.56. The van der Waals surface area contributed by atoms with Gasteiger partial charge in [0.15, 0.2) is 0 Å². The van der Waals surface area contributed by atoms with E-state index in [1.807, 2.05) is 13.1 Å². The molecule has 4 saturated carbocycles. The fourth-order valence-electron chi connectivity index (χ4n) is 8.90. The molecule has 4 aliphatic rings. The number of amides is 1. The molecular weight excluding hydrogens is 538 g/mol. The first-order chi connectivity index (χ1) is 20.6. The molecule has 0 unspecified atom stereocenters. The molecule has 4 fully saturated rings. The van der Waals surface area contributed by atoms with Gasteiger partial charge in [0.05, 0.1) is 23.3 Å². The van der Waals surface area contributed by atoms with Crippen molar-refractivity contribution in [2.75, 3.05) is 6.54 Å². The van der Waals surface area contributed by atoms with Crippen LogP contribution >= 0.6 is 0 Å². The van der Waals surface area contributed by atoms with E-state index in [4.69, 9.17) is 9.72 Å². The normalized spacial score (nSPS) is 33.3. The molecule has 0 bridgehead atoms. The number of aryl methyl sites for hydroxylation is 1. The number of rotatable bonds is 11. The Balaban J connectivity index is 1.28. The van der Waals surface area contributed by atoms with Crippen molar-refractivity contribution in [1.29, 1.82) is 0 Å². The lowest BCUT2D eigenvalue weighted by Gasteiger charge is -2.44. The van der Waals surface area contributed by atoms with E-state index in [0.29, 0.717) is 37.1 Å². The number of alkyl carbamates (subject to hydrolysis) is 1. The number of allylic oxidation sites excluding steroid dienone is 3. The summed E-state index contributed by atoms with van der Waals surface area (Å²) >= 11 is 0. The van der Waals surface area contributed by atoms with Crippen LogP contribution in [0, 0.1) is 23.2 Å². The smallest absolute Gasteiger partial charge is 0.407 e. The molecule has 7 heteroatoms. The second-order valence-corrected chi connectivity index (χ2v) is 14.3. The van der Waals surface area contributed by atoms with Gasteiger partial charge in [-0.1, -0.05) is 51.5 Å². The topological polar surface area (TPSA) is 107 Å². The molecule has 0 aliphatic heterocycles. The van der Waals surface area contributed by atoms with Crippen LogP contribution in [-0.2, 0) is 16.6 Å². The molecule has 7 nitrogen and oxygen atoms in total. The number of carbonyl (C=O) groups is 1. The summed E-state index contributed by atoms with van der Waals surface area (Å²) in [5.41, 5.74) is 4.42. The molecule has 4 aliphatic carbocycles. The Morgan fingerprint density at radius 3 is 2.74 bits per heavy atom. The molecule has 0 spiro atoms. The Morgan fingerprint density at radius 2 is 2.02 bits per heavy atom. The minimum Gasteiger partial charge on any atom is -0.445 e. The van der Waals surface area contributed by atoms with Crippen LogP contribution in [0.1, 0.15) is 116 Å². The van der Waals surface area contributed by atoms with Crippen LogP contribution in [0.25, 0.3) is 0 Å². The van der Waals surface area contributed by atoms with Crippen molar-refractivity contribution in [3.8, 4) is 0 Å². The highest BCUT2D eigenvalue weighted by Crippen LogP contribution is 2.60. The number of aromatic amines is 1. The van der Waals surface area contributed by atoms with Gasteiger partial charge in [0, 0.05) is 19.2 Å². The van der Waals surface area contributed by atoms with Gasteiger partial charge in [-0.3, -0.25) is 0 Å². The number of hydrogen-bond acceptors (Lipinski definition) is 5. The van der Waals surface area contributed by atoms with Crippen LogP contribution in [0.3, 0.4) is 0 Å². The van der Waals surface area contributed by atoms with Crippen LogP contribution in [0.5, 0.6) is 0 Å². The van der Waals surface area contributed by atoms with Crippen molar-refractivity contribution in [3.05, 3.63) is 53.2 Å². The summed E-state index contributed by atoms with van der Waals surface area (Å²) in [5.74, 6) is 2.71. The maximum Gasteiger partial charge on any atom is 0.407 e. The third kappa shape index (κ3) is 6.68. The summed E-state index contributed by atoms with van der Waals surface area (Å²) in [5, 5.41) is 23.3. The van der Waals surface area contributed by atoms with Crippen molar-refractivity contribution in [1.82, 2.24) is 15.3 Å². The summed E-state index contributed by atoms with van der Waals surface area (Å²) in [6.07, 6.45) is 17.6. The lowest BCUT2D eigenvalue weighted by atomic mass is 9.60. The highest BCUT2D eigenvalue weighted by molar-refractivity contribution is 5.67. The van der Waals surface area contributed by atoms with Crippen molar-refractivity contribution in [2.24, 2.45) is 23.2 Å². The number of ether oxygens (including phenoxy) is 1. The fourth-order valence-corrected chi connectivity index (χ4v) is 8.90. The molecule has 0 aromatic carbocycles. The van der Waals surface area contributed by atoms with Gasteiger partial charge >= 0.3 is 6.09 Å². The second kappa shape index (κ2) is 13.3. The summed E-state index contributed by atoms with van der Waals surface area (Å²) in [6, 6.07) is 0. The first-order valence-electron chi connectivity index (χ1n) is 17.1. The van der Waals surface area contributed by atoms with Crippen molar-refractivity contribution >= 4 is 6.09 Å². The van der Waals surface area contributed by atoms with Gasteiger partial charge in [-0.05, 0) is 112 Å². The van der Waals surface area contributed by atoms with E-state index in [9.17, 15) is 15.0 Å². The maximum absolute atomic E-state index is 12.7. The van der Waals surface area contributed by atoms with E-state index >= 15 is 0 Å². The summed E-state index contributed by atoms with van der Waals surface area (Å²) in [7, 11) is 0. The van der Waals surface area contributed by atoms with Crippen LogP contribution in [0.15, 0.2) is 41.6 Å². The van der Waals surface area contributed by atoms with Gasteiger partial charge in [0.1, 0.15) is 11.9 Å². The molecule has 0 radical (unpaired) electrons. The van der Waals surface area contributed by atoms with Crippen molar-refractivity contribution in [3.63, 3.8) is 0 Å². The summed E-state index contributed by atoms with van der Waals surface area (Å²) < 4.78 is 6.15. The van der Waals surface area contributed by atoms with E-state index in [1.165, 1.54) is 31.3 Å². The number of carbonyl (C=O) groups excluding carboxylic acids is 1. The third-order valence-electron chi connectivity index (χ3n) is 11.5. The average molecular weight is 594 g/mol. The Bertz CT molecular complexity index is 1210. The van der Waals surface area contributed by atoms with Crippen LogP contribution in [-0.4, -0.2) is 51.1 Å². The molecule has 1 aromatic heterocycles. The lowest BCUT2D eigenvalue weighted by Crippen LogP contribution is -2.38. The van der Waals surface area contributed by atoms with E-state index < -0.39 is 12.2 Å². The zero-order valence-corrected chi connectivity index (χ0v) is 27.0. The number of nitrogens with zero attached hydrogens (tertiary/aromatic N) is 1. The third-order valence-corrected chi connectivity index (χ3v) is 11.5. The maximum atomic E-state index is 12.7. The lowest BCUT2D eigenvalue weighted by molar-refractivity contribution is 0.0512. The van der Waals surface area contributed by atoms with Gasteiger partial charge < -0.3 is 25.3 Å². The predicted octanol–water partition coefficient (Wildman–Crippen LogP) is 7.07. The van der Waals surface area contributed by atoms with Crippen molar-refractivity contribution < 1.29 is 19.7 Å².